The highest BCUT2D eigenvalue weighted by atomic mass is 19.1. The van der Waals surface area contributed by atoms with E-state index in [9.17, 15) is 23.6 Å². The molecule has 0 aliphatic carbocycles. The number of nitrogens with zero attached hydrogens (tertiary/aromatic N) is 3. The number of halogens is 2. The smallest absolute Gasteiger partial charge is 0.253 e. The van der Waals surface area contributed by atoms with E-state index in [-0.39, 0.29) is 42.6 Å². The van der Waals surface area contributed by atoms with Crippen LogP contribution in [0.5, 0.6) is 0 Å². The van der Waals surface area contributed by atoms with Crippen molar-refractivity contribution in [2.45, 2.75) is 32.7 Å². The molecule has 1 atom stereocenters. The van der Waals surface area contributed by atoms with Crippen molar-refractivity contribution in [1.82, 2.24) is 10.3 Å². The van der Waals surface area contributed by atoms with Crippen LogP contribution in [0.1, 0.15) is 32.9 Å². The van der Waals surface area contributed by atoms with Gasteiger partial charge in [-0.05, 0) is 31.5 Å². The SMILES string of the molecule is Cc1c(F)ccc2[nH]c(=O)c(CC(=O)N[C@@H](C)C3=NC=C(C#N)C[C]3F)c(C#N)c12.[HH].[HH]. The van der Waals surface area contributed by atoms with Gasteiger partial charge in [0.1, 0.15) is 11.9 Å². The molecule has 0 saturated carbocycles. The fraction of sp³-hybridized carbons (Fsp3) is 0.238. The highest BCUT2D eigenvalue weighted by molar-refractivity contribution is 6.03. The van der Waals surface area contributed by atoms with E-state index < -0.39 is 35.9 Å². The first-order valence-electron chi connectivity index (χ1n) is 8.98. The largest absolute Gasteiger partial charge is 0.348 e. The summed E-state index contributed by atoms with van der Waals surface area (Å²) in [5.74, 6) is -1.18. The second-order valence-electron chi connectivity index (χ2n) is 6.84. The molecule has 7 nitrogen and oxygen atoms in total. The van der Waals surface area contributed by atoms with E-state index in [1.165, 1.54) is 32.2 Å². The quantitative estimate of drug-likeness (QED) is 0.801. The Hall–Kier alpha value is -3.85. The normalized spacial score (nSPS) is 15.0. The zero-order valence-electron chi connectivity index (χ0n) is 16.1. The Morgan fingerprint density at radius 2 is 2.10 bits per heavy atom. The lowest BCUT2D eigenvalue weighted by Gasteiger charge is -2.20. The molecule has 3 rings (SSSR count). The van der Waals surface area contributed by atoms with Gasteiger partial charge in [0.2, 0.25) is 5.91 Å². The summed E-state index contributed by atoms with van der Waals surface area (Å²) >= 11 is 0. The molecule has 155 valence electrons. The number of aryl methyl sites for hydroxylation is 1. The summed E-state index contributed by atoms with van der Waals surface area (Å²) in [7, 11) is 0. The van der Waals surface area contributed by atoms with Crippen LogP contribution < -0.4 is 10.9 Å². The lowest BCUT2D eigenvalue weighted by molar-refractivity contribution is -0.120. The van der Waals surface area contributed by atoms with Crippen LogP contribution in [-0.2, 0) is 11.2 Å². The molecule has 1 amide bonds. The van der Waals surface area contributed by atoms with E-state index in [2.05, 4.69) is 15.3 Å². The summed E-state index contributed by atoms with van der Waals surface area (Å²) in [6, 6.07) is 5.43. The van der Waals surface area contributed by atoms with Gasteiger partial charge in [-0.2, -0.15) is 10.5 Å². The number of aromatic amines is 1. The Morgan fingerprint density at radius 3 is 2.73 bits per heavy atom. The van der Waals surface area contributed by atoms with Crippen LogP contribution in [0.25, 0.3) is 10.9 Å². The lowest BCUT2D eigenvalue weighted by Crippen LogP contribution is -2.42. The maximum Gasteiger partial charge on any atom is 0.253 e. The molecule has 1 aromatic carbocycles. The maximum absolute atomic E-state index is 14.2. The van der Waals surface area contributed by atoms with E-state index >= 15 is 0 Å². The van der Waals surface area contributed by atoms with Crippen molar-refractivity contribution in [1.29, 1.82) is 10.5 Å². The molecule has 1 aliphatic heterocycles. The highest BCUT2D eigenvalue weighted by Gasteiger charge is 2.28. The third-order valence-electron chi connectivity index (χ3n) is 4.84. The molecular formula is C21H20F2N5O2. The van der Waals surface area contributed by atoms with Gasteiger partial charge >= 0.3 is 0 Å². The number of allylic oxidation sites excluding steroid dienone is 1. The van der Waals surface area contributed by atoms with Crippen LogP contribution in [0.2, 0.25) is 0 Å². The molecule has 2 aromatic rings. The van der Waals surface area contributed by atoms with Crippen LogP contribution in [0.15, 0.2) is 33.7 Å². The zero-order chi connectivity index (χ0) is 22.0. The molecule has 1 radical (unpaired) electrons. The van der Waals surface area contributed by atoms with Gasteiger partial charge in [-0.3, -0.25) is 14.6 Å². The number of aliphatic imine (C=N–C) groups is 1. The number of benzene rings is 1. The molecule has 0 spiro atoms. The summed E-state index contributed by atoms with van der Waals surface area (Å²) < 4.78 is 28.1. The minimum atomic E-state index is -0.821. The van der Waals surface area contributed by atoms with E-state index in [0.717, 1.165) is 0 Å². The second kappa shape index (κ2) is 8.26. The Balaban J connectivity index is 0.00000256. The van der Waals surface area contributed by atoms with Gasteiger partial charge in [-0.1, -0.05) is 0 Å². The van der Waals surface area contributed by atoms with Crippen molar-refractivity contribution in [2.75, 3.05) is 0 Å². The third-order valence-corrected chi connectivity index (χ3v) is 4.84. The number of hydrogen-bond acceptors (Lipinski definition) is 5. The average molecular weight is 412 g/mol. The number of rotatable bonds is 4. The molecule has 0 fully saturated rings. The van der Waals surface area contributed by atoms with E-state index in [0.29, 0.717) is 5.52 Å². The monoisotopic (exact) mass is 412 g/mol. The van der Waals surface area contributed by atoms with Crippen LogP contribution in [0.3, 0.4) is 0 Å². The van der Waals surface area contributed by atoms with Gasteiger partial charge in [0.05, 0.1) is 40.9 Å². The molecule has 9 heteroatoms. The van der Waals surface area contributed by atoms with Crippen molar-refractivity contribution in [2.24, 2.45) is 4.99 Å². The molecule has 0 unspecified atom stereocenters. The van der Waals surface area contributed by atoms with Crippen molar-refractivity contribution >= 4 is 22.5 Å². The van der Waals surface area contributed by atoms with Crippen molar-refractivity contribution in [3.8, 4) is 12.1 Å². The maximum atomic E-state index is 14.2. The summed E-state index contributed by atoms with van der Waals surface area (Å²) in [5.41, 5.74) is -0.202. The van der Waals surface area contributed by atoms with Crippen molar-refractivity contribution < 1.29 is 16.4 Å². The second-order valence-corrected chi connectivity index (χ2v) is 6.84. The summed E-state index contributed by atoms with van der Waals surface area (Å²) in [6.45, 7) is 2.99. The van der Waals surface area contributed by atoms with E-state index in [1.807, 2.05) is 12.1 Å². The Labute approximate surface area is 173 Å². The molecule has 0 bridgehead atoms. The van der Waals surface area contributed by atoms with Crippen molar-refractivity contribution in [3.63, 3.8) is 0 Å². The summed E-state index contributed by atoms with van der Waals surface area (Å²) in [6.07, 6.45) is -0.0548. The summed E-state index contributed by atoms with van der Waals surface area (Å²) in [4.78, 5) is 31.4. The van der Waals surface area contributed by atoms with Crippen molar-refractivity contribution in [3.05, 3.63) is 62.9 Å². The predicted octanol–water partition coefficient (Wildman–Crippen LogP) is 3.14. The van der Waals surface area contributed by atoms with E-state index in [4.69, 9.17) is 5.26 Å². The number of H-pyrrole nitrogens is 1. The lowest BCUT2D eigenvalue weighted by atomic mass is 9.97. The van der Waals surface area contributed by atoms with Gasteiger partial charge in [0.15, 0.2) is 6.17 Å². The van der Waals surface area contributed by atoms with Crippen LogP contribution in [-0.4, -0.2) is 22.6 Å². The van der Waals surface area contributed by atoms with Gasteiger partial charge in [-0.15, -0.1) is 0 Å². The van der Waals surface area contributed by atoms with Gasteiger partial charge in [-0.25, -0.2) is 8.78 Å². The predicted molar refractivity (Wildman–Crippen MR) is 110 cm³/mol. The Kier molecular flexibility index (Phi) is 5.74. The van der Waals surface area contributed by atoms with Crippen LogP contribution >= 0.6 is 0 Å². The number of fused-ring (bicyclic) bond motifs is 1. The molecule has 0 saturated heterocycles. The number of carbonyl (C=O) groups is 1. The molecule has 30 heavy (non-hydrogen) atoms. The first-order chi connectivity index (χ1) is 14.3. The topological polar surface area (TPSA) is 122 Å². The third kappa shape index (κ3) is 3.83. The first-order valence-corrected chi connectivity index (χ1v) is 8.98. The Morgan fingerprint density at radius 1 is 1.37 bits per heavy atom. The number of nitriles is 2. The standard InChI is InChI=1S/C21H16F2N5O2.2H2/c1-10-15(22)3-4-17-19(10)14(8-25)13(21(30)28-17)6-18(29)27-11(2)20-16(23)5-12(7-24)9-26-20;;/h3-4,9,11H,5-6H2,1-2H3,(H,27,29)(H,28,30);2*1H/t11-;;/m0../s1. The minimum Gasteiger partial charge on any atom is -0.348 e. The molecule has 1 aliphatic rings. The zero-order valence-corrected chi connectivity index (χ0v) is 16.1. The average Bonchev–Trinajstić information content (AvgIpc) is 2.71. The number of aromatic nitrogens is 1. The molecule has 1 aromatic heterocycles. The fourth-order valence-corrected chi connectivity index (χ4v) is 3.32. The van der Waals surface area contributed by atoms with Crippen LogP contribution in [0, 0.1) is 41.6 Å². The minimum absolute atomic E-state index is 0. The highest BCUT2D eigenvalue weighted by Crippen LogP contribution is 2.25. The number of pyridine rings is 1. The fourth-order valence-electron chi connectivity index (χ4n) is 3.32. The molecule has 2 heterocycles. The number of carbonyl (C=O) groups excluding carboxylic acids is 1. The number of amides is 1. The summed E-state index contributed by atoms with van der Waals surface area (Å²) in [5, 5.41) is 21.2. The van der Waals surface area contributed by atoms with Gasteiger partial charge < -0.3 is 10.3 Å². The van der Waals surface area contributed by atoms with E-state index in [1.54, 1.807) is 0 Å². The first kappa shape index (κ1) is 20.9. The van der Waals surface area contributed by atoms with Gasteiger partial charge in [0, 0.05) is 26.4 Å². The molecule has 2 N–H and O–H groups in total. The van der Waals surface area contributed by atoms with Gasteiger partial charge in [0.25, 0.3) is 5.56 Å². The number of nitrogens with one attached hydrogen (secondary N) is 2. The number of hydrogen-bond donors (Lipinski definition) is 2. The van der Waals surface area contributed by atoms with Crippen LogP contribution in [0.4, 0.5) is 8.78 Å². The molecular weight excluding hydrogens is 392 g/mol. The Bertz CT molecular complexity index is 1260.